The van der Waals surface area contributed by atoms with Gasteiger partial charge in [0.25, 0.3) is 0 Å². The summed E-state index contributed by atoms with van der Waals surface area (Å²) in [6.07, 6.45) is 0. The molecule has 1 aliphatic carbocycles. The summed E-state index contributed by atoms with van der Waals surface area (Å²) in [4.78, 5) is 0. The number of nitrogens with zero attached hydrogens (tertiary/aromatic N) is 4. The lowest BCUT2D eigenvalue weighted by Gasteiger charge is -2.09. The topological polar surface area (TPSA) is 55.6 Å². The molecule has 5 nitrogen and oxygen atoms in total. The van der Waals surface area contributed by atoms with Gasteiger partial charge in [-0.3, -0.25) is 0 Å². The van der Waals surface area contributed by atoms with Crippen molar-refractivity contribution in [3.8, 4) is 0 Å². The van der Waals surface area contributed by atoms with Crippen molar-refractivity contribution in [2.75, 3.05) is 6.54 Å². The monoisotopic (exact) mass is 251 g/mol. The summed E-state index contributed by atoms with van der Waals surface area (Å²) >= 11 is 0. The summed E-state index contributed by atoms with van der Waals surface area (Å²) in [5.74, 6) is 1.59. The number of hydrogen-bond donors (Lipinski definition) is 1. The van der Waals surface area contributed by atoms with E-state index in [-0.39, 0.29) is 10.8 Å². The van der Waals surface area contributed by atoms with Crippen LogP contribution in [0.5, 0.6) is 0 Å². The van der Waals surface area contributed by atoms with Crippen molar-refractivity contribution in [1.82, 2.24) is 25.5 Å². The molecule has 0 atom stereocenters. The van der Waals surface area contributed by atoms with E-state index in [1.807, 2.05) is 4.68 Å². The molecule has 0 spiro atoms. The molecule has 0 aliphatic heterocycles. The van der Waals surface area contributed by atoms with Crippen LogP contribution in [-0.4, -0.2) is 26.8 Å². The van der Waals surface area contributed by atoms with Crippen molar-refractivity contribution in [3.63, 3.8) is 0 Å². The van der Waals surface area contributed by atoms with E-state index in [4.69, 9.17) is 0 Å². The van der Waals surface area contributed by atoms with Crippen molar-refractivity contribution < 1.29 is 0 Å². The molecule has 0 aromatic carbocycles. The average molecular weight is 251 g/mol. The van der Waals surface area contributed by atoms with Gasteiger partial charge in [0.15, 0.2) is 5.82 Å². The Balaban J connectivity index is 2.06. The second-order valence-corrected chi connectivity index (χ2v) is 6.91. The first-order valence-electron chi connectivity index (χ1n) is 6.76. The van der Waals surface area contributed by atoms with Gasteiger partial charge in [0, 0.05) is 0 Å². The Morgan fingerprint density at radius 2 is 1.83 bits per heavy atom. The van der Waals surface area contributed by atoms with Gasteiger partial charge in [-0.2, -0.15) is 0 Å². The van der Waals surface area contributed by atoms with Gasteiger partial charge in [0.05, 0.1) is 12.6 Å². The Labute approximate surface area is 109 Å². The van der Waals surface area contributed by atoms with Crippen molar-refractivity contribution in [2.45, 2.75) is 54.1 Å². The van der Waals surface area contributed by atoms with E-state index in [1.54, 1.807) is 0 Å². The number of tetrazole rings is 1. The minimum atomic E-state index is 0.259. The van der Waals surface area contributed by atoms with Gasteiger partial charge in [-0.1, -0.05) is 41.5 Å². The van der Waals surface area contributed by atoms with Crippen molar-refractivity contribution in [3.05, 3.63) is 5.82 Å². The van der Waals surface area contributed by atoms with E-state index in [0.29, 0.717) is 12.0 Å². The molecule has 1 aromatic heterocycles. The number of rotatable bonds is 5. The van der Waals surface area contributed by atoms with Crippen LogP contribution in [0.2, 0.25) is 0 Å². The SMILES string of the molecule is CC(C)CNCc1nnnn1C1C(C)(C)C1(C)C. The predicted octanol–water partition coefficient (Wildman–Crippen LogP) is 2.03. The van der Waals surface area contributed by atoms with Crippen LogP contribution >= 0.6 is 0 Å². The minimum Gasteiger partial charge on any atom is -0.310 e. The van der Waals surface area contributed by atoms with Crippen LogP contribution in [0.3, 0.4) is 0 Å². The summed E-state index contributed by atoms with van der Waals surface area (Å²) in [7, 11) is 0. The average Bonchev–Trinajstić information content (AvgIpc) is 2.60. The molecule has 1 aliphatic rings. The molecule has 0 amide bonds. The molecule has 5 heteroatoms. The largest absolute Gasteiger partial charge is 0.310 e. The number of hydrogen-bond acceptors (Lipinski definition) is 4. The zero-order chi connectivity index (χ0) is 13.6. The molecule has 1 N–H and O–H groups in total. The third-order valence-corrected chi connectivity index (χ3v) is 4.59. The molecule has 0 saturated heterocycles. The fourth-order valence-electron chi connectivity index (χ4n) is 2.77. The van der Waals surface area contributed by atoms with Gasteiger partial charge < -0.3 is 5.32 Å². The summed E-state index contributed by atoms with van der Waals surface area (Å²) in [5.41, 5.74) is 0.518. The highest BCUT2D eigenvalue weighted by Gasteiger charge is 2.67. The highest BCUT2D eigenvalue weighted by molar-refractivity contribution is 5.16. The lowest BCUT2D eigenvalue weighted by atomic mass is 10.0. The normalized spacial score (nSPS) is 21.5. The maximum Gasteiger partial charge on any atom is 0.165 e. The zero-order valence-electron chi connectivity index (χ0n) is 12.4. The highest BCUT2D eigenvalue weighted by atomic mass is 15.6. The first-order valence-corrected chi connectivity index (χ1v) is 6.76. The smallest absolute Gasteiger partial charge is 0.165 e. The van der Waals surface area contributed by atoms with Crippen molar-refractivity contribution >= 4 is 0 Å². The van der Waals surface area contributed by atoms with Crippen LogP contribution in [0, 0.1) is 16.7 Å². The molecule has 0 radical (unpaired) electrons. The number of aromatic nitrogens is 4. The molecule has 1 heterocycles. The van der Waals surface area contributed by atoms with Crippen LogP contribution in [-0.2, 0) is 6.54 Å². The van der Waals surface area contributed by atoms with Gasteiger partial charge in [0.1, 0.15) is 0 Å². The molecule has 0 unspecified atom stereocenters. The zero-order valence-corrected chi connectivity index (χ0v) is 12.4. The van der Waals surface area contributed by atoms with E-state index in [0.717, 1.165) is 18.9 Å². The molecule has 18 heavy (non-hydrogen) atoms. The van der Waals surface area contributed by atoms with E-state index < -0.39 is 0 Å². The summed E-state index contributed by atoms with van der Waals surface area (Å²) in [5, 5.41) is 15.6. The summed E-state index contributed by atoms with van der Waals surface area (Å²) in [6, 6.07) is 0.399. The minimum absolute atomic E-state index is 0.259. The lowest BCUT2D eigenvalue weighted by Crippen LogP contribution is -2.22. The quantitative estimate of drug-likeness (QED) is 0.870. The fourth-order valence-corrected chi connectivity index (χ4v) is 2.77. The second-order valence-electron chi connectivity index (χ2n) is 6.91. The van der Waals surface area contributed by atoms with Crippen LogP contribution in [0.4, 0.5) is 0 Å². The summed E-state index contributed by atoms with van der Waals surface area (Å²) < 4.78 is 2.01. The molecular weight excluding hydrogens is 226 g/mol. The summed E-state index contributed by atoms with van der Waals surface area (Å²) in [6.45, 7) is 15.3. The maximum absolute atomic E-state index is 4.18. The standard InChI is InChI=1S/C13H25N5/c1-9(2)7-14-8-10-15-16-17-18(10)11-12(3,4)13(11,5)6/h9,11,14H,7-8H2,1-6H3. The van der Waals surface area contributed by atoms with Crippen LogP contribution < -0.4 is 5.32 Å². The molecule has 102 valence electrons. The number of nitrogens with one attached hydrogen (secondary N) is 1. The third kappa shape index (κ3) is 2.05. The Morgan fingerprint density at radius 1 is 1.22 bits per heavy atom. The second kappa shape index (κ2) is 4.30. The van der Waals surface area contributed by atoms with Crippen molar-refractivity contribution in [2.24, 2.45) is 16.7 Å². The first-order chi connectivity index (χ1) is 8.28. The van der Waals surface area contributed by atoms with E-state index in [1.165, 1.54) is 0 Å². The molecule has 0 bridgehead atoms. The van der Waals surface area contributed by atoms with Gasteiger partial charge in [0.2, 0.25) is 0 Å². The predicted molar refractivity (Wildman–Crippen MR) is 71.0 cm³/mol. The molecule has 1 saturated carbocycles. The Bertz CT molecular complexity index is 405. The fraction of sp³-hybridized carbons (Fsp3) is 0.923. The van der Waals surface area contributed by atoms with Gasteiger partial charge in [-0.05, 0) is 33.7 Å². The van der Waals surface area contributed by atoms with Gasteiger partial charge in [-0.15, -0.1) is 5.10 Å². The van der Waals surface area contributed by atoms with E-state index >= 15 is 0 Å². The Morgan fingerprint density at radius 3 is 2.33 bits per heavy atom. The van der Waals surface area contributed by atoms with Crippen LogP contribution in [0.1, 0.15) is 53.4 Å². The maximum atomic E-state index is 4.18. The molecular formula is C13H25N5. The molecule has 1 fully saturated rings. The Hall–Kier alpha value is -0.970. The first kappa shape index (κ1) is 13.5. The third-order valence-electron chi connectivity index (χ3n) is 4.59. The van der Waals surface area contributed by atoms with Crippen LogP contribution in [0.15, 0.2) is 0 Å². The van der Waals surface area contributed by atoms with Gasteiger partial charge in [-0.25, -0.2) is 4.68 Å². The van der Waals surface area contributed by atoms with Crippen molar-refractivity contribution in [1.29, 1.82) is 0 Å². The van der Waals surface area contributed by atoms with E-state index in [9.17, 15) is 0 Å². The highest BCUT2D eigenvalue weighted by Crippen LogP contribution is 2.71. The lowest BCUT2D eigenvalue weighted by molar-refractivity contribution is 0.457. The molecule has 1 aromatic rings. The van der Waals surface area contributed by atoms with E-state index in [2.05, 4.69) is 62.4 Å². The Kier molecular flexibility index (Phi) is 3.21. The van der Waals surface area contributed by atoms with Gasteiger partial charge >= 0.3 is 0 Å². The molecule has 2 rings (SSSR count). The van der Waals surface area contributed by atoms with Crippen LogP contribution in [0.25, 0.3) is 0 Å².